The van der Waals surface area contributed by atoms with E-state index in [1.165, 1.54) is 0 Å². The lowest BCUT2D eigenvalue weighted by Gasteiger charge is -2.23. The molecule has 0 bridgehead atoms. The molecule has 0 saturated carbocycles. The number of halogens is 1. The van der Waals surface area contributed by atoms with Gasteiger partial charge in [-0.1, -0.05) is 41.9 Å². The minimum atomic E-state index is -0.922. The molecule has 150 valence electrons. The molecule has 2 N–H and O–H groups in total. The van der Waals surface area contributed by atoms with E-state index in [1.54, 1.807) is 45.0 Å². The average molecular weight is 405 g/mol. The van der Waals surface area contributed by atoms with Crippen LogP contribution in [0.5, 0.6) is 0 Å². The largest absolute Gasteiger partial charge is 0.444 e. The van der Waals surface area contributed by atoms with Crippen molar-refractivity contribution in [3.8, 4) is 0 Å². The van der Waals surface area contributed by atoms with Gasteiger partial charge in [0.15, 0.2) is 0 Å². The molecule has 28 heavy (non-hydrogen) atoms. The van der Waals surface area contributed by atoms with E-state index in [2.05, 4.69) is 10.6 Å². The van der Waals surface area contributed by atoms with E-state index in [1.807, 2.05) is 30.3 Å². The van der Waals surface area contributed by atoms with E-state index < -0.39 is 23.6 Å². The lowest BCUT2D eigenvalue weighted by Crippen LogP contribution is -2.48. The maximum absolute atomic E-state index is 12.6. The Labute approximate surface area is 170 Å². The molecule has 2 amide bonds. The third-order valence-corrected chi connectivity index (χ3v) is 3.77. The van der Waals surface area contributed by atoms with Gasteiger partial charge >= 0.3 is 6.09 Å². The number of carbonyl (C=O) groups excluding carboxylic acids is 2. The third-order valence-electron chi connectivity index (χ3n) is 3.52. The zero-order valence-corrected chi connectivity index (χ0v) is 17.0. The summed E-state index contributed by atoms with van der Waals surface area (Å²) in [6.45, 7) is 5.57. The number of nitrogens with one attached hydrogen (secondary N) is 2. The number of carbonyl (C=O) groups is 2. The summed E-state index contributed by atoms with van der Waals surface area (Å²) in [5, 5.41) is 5.87. The number of hydrogen-bond acceptors (Lipinski definition) is 4. The molecule has 0 saturated heterocycles. The Bertz CT molecular complexity index is 773. The molecule has 2 aromatic rings. The highest BCUT2D eigenvalue weighted by atomic mass is 35.5. The van der Waals surface area contributed by atoms with E-state index in [-0.39, 0.29) is 6.61 Å². The van der Waals surface area contributed by atoms with Crippen molar-refractivity contribution in [2.24, 2.45) is 0 Å². The molecular weight excluding hydrogens is 380 g/mol. The summed E-state index contributed by atoms with van der Waals surface area (Å²) in [6.07, 6.45) is -0.688. The fraction of sp³-hybridized carbons (Fsp3) is 0.333. The van der Waals surface area contributed by atoms with Crippen molar-refractivity contribution >= 4 is 29.3 Å². The Morgan fingerprint density at radius 1 is 1.04 bits per heavy atom. The van der Waals surface area contributed by atoms with Gasteiger partial charge < -0.3 is 20.1 Å². The smallest absolute Gasteiger partial charge is 0.408 e. The lowest BCUT2D eigenvalue weighted by molar-refractivity contribution is -0.119. The van der Waals surface area contributed by atoms with Gasteiger partial charge in [-0.15, -0.1) is 0 Å². The summed E-state index contributed by atoms with van der Waals surface area (Å²) >= 11 is 5.86. The van der Waals surface area contributed by atoms with Gasteiger partial charge in [0.2, 0.25) is 5.91 Å². The number of benzene rings is 2. The predicted octanol–water partition coefficient (Wildman–Crippen LogP) is 4.39. The molecule has 0 aliphatic rings. The van der Waals surface area contributed by atoms with E-state index >= 15 is 0 Å². The summed E-state index contributed by atoms with van der Waals surface area (Å²) in [4.78, 5) is 24.8. The van der Waals surface area contributed by atoms with Crippen molar-refractivity contribution in [2.45, 2.75) is 39.0 Å². The van der Waals surface area contributed by atoms with Crippen LogP contribution in [0.2, 0.25) is 5.02 Å². The zero-order valence-electron chi connectivity index (χ0n) is 16.2. The number of amides is 2. The highest BCUT2D eigenvalue weighted by Crippen LogP contribution is 2.14. The molecule has 7 heteroatoms. The van der Waals surface area contributed by atoms with Gasteiger partial charge in [-0.2, -0.15) is 0 Å². The van der Waals surface area contributed by atoms with Crippen molar-refractivity contribution in [3.63, 3.8) is 0 Å². The van der Waals surface area contributed by atoms with Crippen LogP contribution in [0.3, 0.4) is 0 Å². The van der Waals surface area contributed by atoms with Crippen LogP contribution in [-0.4, -0.2) is 30.3 Å². The van der Waals surface area contributed by atoms with Gasteiger partial charge in [0.05, 0.1) is 13.2 Å². The maximum atomic E-state index is 12.6. The van der Waals surface area contributed by atoms with Gasteiger partial charge in [-0.3, -0.25) is 4.79 Å². The molecule has 0 radical (unpaired) electrons. The minimum absolute atomic E-state index is 0.00639. The number of alkyl carbamates (subject to hydrolysis) is 1. The van der Waals surface area contributed by atoms with Gasteiger partial charge in [-0.05, 0) is 50.6 Å². The molecule has 2 rings (SSSR count). The Kier molecular flexibility index (Phi) is 7.84. The van der Waals surface area contributed by atoms with Crippen LogP contribution >= 0.6 is 11.6 Å². The van der Waals surface area contributed by atoms with Crippen LogP contribution in [0.1, 0.15) is 26.3 Å². The first-order chi connectivity index (χ1) is 13.2. The highest BCUT2D eigenvalue weighted by molar-refractivity contribution is 6.30. The summed E-state index contributed by atoms with van der Waals surface area (Å²) in [5.74, 6) is -0.416. The molecule has 0 aromatic heterocycles. The number of rotatable bonds is 7. The molecule has 0 heterocycles. The topological polar surface area (TPSA) is 76.7 Å². The fourth-order valence-electron chi connectivity index (χ4n) is 2.26. The quantitative estimate of drug-likeness (QED) is 0.717. The van der Waals surface area contributed by atoms with E-state index in [4.69, 9.17) is 21.1 Å². The monoisotopic (exact) mass is 404 g/mol. The van der Waals surface area contributed by atoms with Crippen molar-refractivity contribution in [1.82, 2.24) is 5.32 Å². The minimum Gasteiger partial charge on any atom is -0.444 e. The Morgan fingerprint density at radius 3 is 2.29 bits per heavy atom. The molecular formula is C21H25ClN2O4. The van der Waals surface area contributed by atoms with Crippen LogP contribution in [-0.2, 0) is 20.9 Å². The number of ether oxygens (including phenoxy) is 2. The Hall–Kier alpha value is -2.57. The number of hydrogen-bond donors (Lipinski definition) is 2. The molecule has 0 unspecified atom stereocenters. The average Bonchev–Trinajstić information content (AvgIpc) is 2.62. The number of anilines is 1. The van der Waals surface area contributed by atoms with Crippen molar-refractivity contribution < 1.29 is 19.1 Å². The standard InChI is InChI=1S/C21H25ClN2O4/c1-21(2,3)28-20(26)24-18(14-27-13-15-7-5-4-6-8-15)19(25)23-17-11-9-16(22)10-12-17/h4-12,18H,13-14H2,1-3H3,(H,23,25)(H,24,26)/t18-/m0/s1. The second kappa shape index (κ2) is 10.1. The molecule has 0 spiro atoms. The lowest BCUT2D eigenvalue weighted by atomic mass is 10.2. The predicted molar refractivity (Wildman–Crippen MR) is 109 cm³/mol. The third kappa shape index (κ3) is 7.98. The molecule has 0 aliphatic heterocycles. The van der Waals surface area contributed by atoms with Crippen molar-refractivity contribution in [2.75, 3.05) is 11.9 Å². The second-order valence-corrected chi connectivity index (χ2v) is 7.63. The van der Waals surface area contributed by atoms with E-state index in [9.17, 15) is 9.59 Å². The zero-order chi connectivity index (χ0) is 20.6. The molecule has 1 atom stereocenters. The van der Waals surface area contributed by atoms with Crippen LogP contribution in [0.4, 0.5) is 10.5 Å². The summed E-state index contributed by atoms with van der Waals surface area (Å²) < 4.78 is 10.9. The Balaban J connectivity index is 2.00. The SMILES string of the molecule is CC(C)(C)OC(=O)N[C@@H](COCc1ccccc1)C(=O)Nc1ccc(Cl)cc1. The summed E-state index contributed by atoms with van der Waals surface area (Å²) in [7, 11) is 0. The van der Waals surface area contributed by atoms with E-state index in [0.717, 1.165) is 5.56 Å². The van der Waals surface area contributed by atoms with Crippen LogP contribution in [0, 0.1) is 0 Å². The fourth-order valence-corrected chi connectivity index (χ4v) is 2.39. The van der Waals surface area contributed by atoms with E-state index in [0.29, 0.717) is 17.3 Å². The van der Waals surface area contributed by atoms with Crippen LogP contribution < -0.4 is 10.6 Å². The maximum Gasteiger partial charge on any atom is 0.408 e. The van der Waals surface area contributed by atoms with Gasteiger partial charge in [0, 0.05) is 10.7 Å². The summed E-state index contributed by atoms with van der Waals surface area (Å²) in [6, 6.07) is 15.3. The Morgan fingerprint density at radius 2 is 1.68 bits per heavy atom. The molecule has 2 aromatic carbocycles. The molecule has 6 nitrogen and oxygen atoms in total. The molecule has 0 aliphatic carbocycles. The highest BCUT2D eigenvalue weighted by Gasteiger charge is 2.24. The van der Waals surface area contributed by atoms with Crippen molar-refractivity contribution in [3.05, 3.63) is 65.2 Å². The van der Waals surface area contributed by atoms with Gasteiger partial charge in [0.1, 0.15) is 11.6 Å². The first-order valence-corrected chi connectivity index (χ1v) is 9.28. The van der Waals surface area contributed by atoms with Gasteiger partial charge in [-0.25, -0.2) is 4.79 Å². The van der Waals surface area contributed by atoms with Crippen molar-refractivity contribution in [1.29, 1.82) is 0 Å². The van der Waals surface area contributed by atoms with Gasteiger partial charge in [0.25, 0.3) is 0 Å². The van der Waals surface area contributed by atoms with Crippen LogP contribution in [0.25, 0.3) is 0 Å². The molecule has 0 fully saturated rings. The first kappa shape index (κ1) is 21.7. The second-order valence-electron chi connectivity index (χ2n) is 7.20. The summed E-state index contributed by atoms with van der Waals surface area (Å²) in [5.41, 5.74) is 0.858. The first-order valence-electron chi connectivity index (χ1n) is 8.90. The normalized spacial score (nSPS) is 12.1. The van der Waals surface area contributed by atoms with Crippen LogP contribution in [0.15, 0.2) is 54.6 Å².